The van der Waals surface area contributed by atoms with Crippen molar-refractivity contribution in [1.29, 1.82) is 0 Å². The highest BCUT2D eigenvalue weighted by molar-refractivity contribution is 5.66. The lowest BCUT2D eigenvalue weighted by Crippen LogP contribution is -2.10. The van der Waals surface area contributed by atoms with Crippen LogP contribution in [0, 0.1) is 0 Å². The average molecular weight is 275 g/mol. The van der Waals surface area contributed by atoms with Crippen molar-refractivity contribution >= 4 is 5.97 Å². The van der Waals surface area contributed by atoms with Crippen molar-refractivity contribution in [2.24, 2.45) is 0 Å². The fraction of sp³-hybridized carbons (Fsp3) is 0.933. The summed E-state index contributed by atoms with van der Waals surface area (Å²) < 4.78 is 0. The van der Waals surface area contributed by atoms with Gasteiger partial charge in [0.25, 0.3) is 0 Å². The van der Waals surface area contributed by atoms with E-state index in [-0.39, 0.29) is 6.61 Å². The van der Waals surface area contributed by atoms with Gasteiger partial charge in [-0.2, -0.15) is 0 Å². The zero-order chi connectivity index (χ0) is 14.8. The molecule has 116 valence electrons. The van der Waals surface area contributed by atoms with E-state index in [1.165, 1.54) is 44.9 Å². The summed E-state index contributed by atoms with van der Waals surface area (Å²) >= 11 is 0. The van der Waals surface area contributed by atoms with Gasteiger partial charge in [-0.3, -0.25) is 4.79 Å². The molecule has 4 nitrogen and oxygen atoms in total. The van der Waals surface area contributed by atoms with E-state index in [4.69, 9.17) is 10.2 Å². The predicted molar refractivity (Wildman–Crippen MR) is 80.5 cm³/mol. The largest absolute Gasteiger partial charge is 0.481 e. The molecule has 0 atom stereocenters. The number of carboxylic acid groups (broad SMARTS) is 1. The number of hydrogen-bond acceptors (Lipinski definition) is 3. The molecule has 0 radical (unpaired) electrons. The second-order valence-electron chi connectivity index (χ2n) is 4.80. The molecule has 0 saturated heterocycles. The summed E-state index contributed by atoms with van der Waals surface area (Å²) in [6.45, 7) is 3.16. The smallest absolute Gasteiger partial charge is 0.303 e. The molecule has 0 aromatic rings. The summed E-state index contributed by atoms with van der Waals surface area (Å²) in [5.41, 5.74) is 0. The van der Waals surface area contributed by atoms with Crippen LogP contribution in [0.15, 0.2) is 0 Å². The van der Waals surface area contributed by atoms with E-state index in [1.807, 2.05) is 0 Å². The Hall–Kier alpha value is -0.610. The molecule has 0 saturated carbocycles. The van der Waals surface area contributed by atoms with Crippen LogP contribution in [-0.2, 0) is 4.79 Å². The highest BCUT2D eigenvalue weighted by Crippen LogP contribution is 2.10. The van der Waals surface area contributed by atoms with E-state index in [2.05, 4.69) is 12.2 Å². The maximum Gasteiger partial charge on any atom is 0.303 e. The minimum atomic E-state index is -0.659. The van der Waals surface area contributed by atoms with Crippen LogP contribution in [0.25, 0.3) is 0 Å². The summed E-state index contributed by atoms with van der Waals surface area (Å²) in [5.74, 6) is -0.659. The molecular weight excluding hydrogens is 242 g/mol. The van der Waals surface area contributed by atoms with Crippen LogP contribution in [0.4, 0.5) is 0 Å². The van der Waals surface area contributed by atoms with E-state index < -0.39 is 5.97 Å². The monoisotopic (exact) mass is 275 g/mol. The first-order chi connectivity index (χ1) is 9.18. The molecular formula is C15H33NO3. The number of nitrogens with one attached hydrogen (secondary N) is 1. The third kappa shape index (κ3) is 26.8. The predicted octanol–water partition coefficient (Wildman–Crippen LogP) is 3.19. The average Bonchev–Trinajstić information content (AvgIpc) is 2.38. The fourth-order valence-electron chi connectivity index (χ4n) is 1.70. The molecule has 0 fully saturated rings. The first-order valence-electron chi connectivity index (χ1n) is 7.66. The molecule has 0 heterocycles. The van der Waals surface area contributed by atoms with Crippen molar-refractivity contribution < 1.29 is 15.0 Å². The number of aliphatic hydroxyl groups is 1. The summed E-state index contributed by atoms with van der Waals surface area (Å²) in [4.78, 5) is 10.2. The van der Waals surface area contributed by atoms with E-state index in [0.717, 1.165) is 12.8 Å². The SMILES string of the molecule is CCCCCCCCCCCC(=O)O.CNCCO. The molecule has 0 aliphatic heterocycles. The van der Waals surface area contributed by atoms with Gasteiger partial charge in [0.1, 0.15) is 0 Å². The molecule has 19 heavy (non-hydrogen) atoms. The molecule has 0 aliphatic rings. The Morgan fingerprint density at radius 3 is 1.74 bits per heavy atom. The summed E-state index contributed by atoms with van der Waals surface area (Å²) in [6, 6.07) is 0. The van der Waals surface area contributed by atoms with Gasteiger partial charge in [-0.15, -0.1) is 0 Å². The van der Waals surface area contributed by atoms with Gasteiger partial charge in [0.2, 0.25) is 0 Å². The molecule has 3 N–H and O–H groups in total. The molecule has 0 aliphatic carbocycles. The van der Waals surface area contributed by atoms with Crippen LogP contribution >= 0.6 is 0 Å². The first-order valence-corrected chi connectivity index (χ1v) is 7.66. The maximum absolute atomic E-state index is 10.2. The van der Waals surface area contributed by atoms with Crippen molar-refractivity contribution in [3.8, 4) is 0 Å². The normalized spacial score (nSPS) is 9.84. The second-order valence-corrected chi connectivity index (χ2v) is 4.80. The molecule has 0 aromatic carbocycles. The van der Waals surface area contributed by atoms with Gasteiger partial charge < -0.3 is 15.5 Å². The van der Waals surface area contributed by atoms with Gasteiger partial charge in [0.15, 0.2) is 0 Å². The Morgan fingerprint density at radius 2 is 1.42 bits per heavy atom. The van der Waals surface area contributed by atoms with Crippen LogP contribution in [0.3, 0.4) is 0 Å². The number of hydrogen-bond donors (Lipinski definition) is 3. The standard InChI is InChI=1S/C12H24O2.C3H9NO/c1-2-3-4-5-6-7-8-9-10-11-12(13)14;1-4-2-3-5/h2-11H2,1H3,(H,13,14);4-5H,2-3H2,1H3. The third-order valence-corrected chi connectivity index (χ3v) is 2.86. The van der Waals surface area contributed by atoms with Crippen LogP contribution < -0.4 is 5.32 Å². The van der Waals surface area contributed by atoms with Crippen LogP contribution in [0.5, 0.6) is 0 Å². The molecule has 0 unspecified atom stereocenters. The number of aliphatic carboxylic acids is 1. The number of carbonyl (C=O) groups is 1. The highest BCUT2D eigenvalue weighted by atomic mass is 16.4. The maximum atomic E-state index is 10.2. The highest BCUT2D eigenvalue weighted by Gasteiger charge is 1.96. The second kappa shape index (κ2) is 19.7. The minimum absolute atomic E-state index is 0.233. The van der Waals surface area contributed by atoms with Gasteiger partial charge in [0, 0.05) is 13.0 Å². The quantitative estimate of drug-likeness (QED) is 0.478. The van der Waals surface area contributed by atoms with Crippen LogP contribution in [0.1, 0.15) is 71.1 Å². The van der Waals surface area contributed by atoms with Crippen LogP contribution in [0.2, 0.25) is 0 Å². The van der Waals surface area contributed by atoms with E-state index in [9.17, 15) is 4.79 Å². The molecule has 4 heteroatoms. The number of rotatable bonds is 12. The first kappa shape index (κ1) is 20.7. The molecule has 0 spiro atoms. The summed E-state index contributed by atoms with van der Waals surface area (Å²) in [5, 5.41) is 19.2. The van der Waals surface area contributed by atoms with Crippen LogP contribution in [-0.4, -0.2) is 36.4 Å². The minimum Gasteiger partial charge on any atom is -0.481 e. The van der Waals surface area contributed by atoms with E-state index >= 15 is 0 Å². The Labute approximate surface area is 118 Å². The molecule has 0 rings (SSSR count). The van der Waals surface area contributed by atoms with Crippen molar-refractivity contribution in [3.05, 3.63) is 0 Å². The van der Waals surface area contributed by atoms with Crippen molar-refractivity contribution in [2.45, 2.75) is 71.1 Å². The molecule has 0 amide bonds. The van der Waals surface area contributed by atoms with Gasteiger partial charge in [-0.1, -0.05) is 58.3 Å². The lowest BCUT2D eigenvalue weighted by Gasteiger charge is -2.00. The van der Waals surface area contributed by atoms with Crippen molar-refractivity contribution in [2.75, 3.05) is 20.2 Å². The van der Waals surface area contributed by atoms with Gasteiger partial charge in [0.05, 0.1) is 6.61 Å². The summed E-state index contributed by atoms with van der Waals surface area (Å²) in [6.07, 6.45) is 11.5. The number of aliphatic hydroxyl groups excluding tert-OH is 1. The van der Waals surface area contributed by atoms with Crippen molar-refractivity contribution in [1.82, 2.24) is 5.32 Å². The van der Waals surface area contributed by atoms with Gasteiger partial charge in [-0.25, -0.2) is 0 Å². The number of carboxylic acids is 1. The summed E-state index contributed by atoms with van der Waals surface area (Å²) in [7, 11) is 1.80. The van der Waals surface area contributed by atoms with Crippen molar-refractivity contribution in [3.63, 3.8) is 0 Å². The Morgan fingerprint density at radius 1 is 0.947 bits per heavy atom. The van der Waals surface area contributed by atoms with Gasteiger partial charge in [-0.05, 0) is 13.5 Å². The van der Waals surface area contributed by atoms with E-state index in [1.54, 1.807) is 7.05 Å². The Bertz CT molecular complexity index is 173. The number of likely N-dealkylation sites (N-methyl/N-ethyl adjacent to an activating group) is 1. The lowest BCUT2D eigenvalue weighted by atomic mass is 10.1. The number of unbranched alkanes of at least 4 members (excludes halogenated alkanes) is 8. The zero-order valence-electron chi connectivity index (χ0n) is 12.8. The van der Waals surface area contributed by atoms with E-state index in [0.29, 0.717) is 13.0 Å². The Kier molecular flexibility index (Phi) is 21.5. The Balaban J connectivity index is 0. The topological polar surface area (TPSA) is 69.6 Å². The zero-order valence-corrected chi connectivity index (χ0v) is 12.8. The lowest BCUT2D eigenvalue weighted by molar-refractivity contribution is -0.137. The molecule has 0 aromatic heterocycles. The van der Waals surface area contributed by atoms with Gasteiger partial charge >= 0.3 is 5.97 Å². The fourth-order valence-corrected chi connectivity index (χ4v) is 1.70. The molecule has 0 bridgehead atoms. The third-order valence-electron chi connectivity index (χ3n) is 2.86.